The van der Waals surface area contributed by atoms with Crippen molar-refractivity contribution in [2.45, 2.75) is 0 Å². The third-order valence-corrected chi connectivity index (χ3v) is 4.57. The van der Waals surface area contributed by atoms with Gasteiger partial charge in [-0.05, 0) is 24.3 Å². The molecule has 3 heterocycles. The van der Waals surface area contributed by atoms with Gasteiger partial charge in [0.2, 0.25) is 0 Å². The molecule has 142 valence electrons. The van der Waals surface area contributed by atoms with Crippen LogP contribution in [0.4, 0.5) is 21.7 Å². The molecule has 1 amide bonds. The quantitative estimate of drug-likeness (QED) is 0.752. The summed E-state index contributed by atoms with van der Waals surface area (Å²) in [5.41, 5.74) is 0.253. The fourth-order valence-electron chi connectivity index (χ4n) is 3.06. The number of halogens is 1. The number of benzene rings is 1. The van der Waals surface area contributed by atoms with Crippen LogP contribution in [0.3, 0.4) is 0 Å². The summed E-state index contributed by atoms with van der Waals surface area (Å²) in [5, 5.41) is 2.51. The third-order valence-electron chi connectivity index (χ3n) is 4.57. The van der Waals surface area contributed by atoms with Gasteiger partial charge in [0.25, 0.3) is 5.91 Å². The SMILES string of the molecule is O=C(Nc1ccccc1F)c1cnc(N2CCN(c3ccccn3)CC2)cn1. The van der Waals surface area contributed by atoms with E-state index < -0.39 is 11.7 Å². The van der Waals surface area contributed by atoms with Gasteiger partial charge in [-0.15, -0.1) is 0 Å². The number of anilines is 3. The molecular formula is C20H19FN6O. The van der Waals surface area contributed by atoms with Crippen LogP contribution in [0, 0.1) is 5.82 Å². The summed E-state index contributed by atoms with van der Waals surface area (Å²) in [4.78, 5) is 29.5. The number of pyridine rings is 1. The fourth-order valence-corrected chi connectivity index (χ4v) is 3.06. The number of amides is 1. The van der Waals surface area contributed by atoms with Crippen LogP contribution in [0.25, 0.3) is 0 Å². The predicted octanol–water partition coefficient (Wildman–Crippen LogP) is 2.59. The minimum absolute atomic E-state index is 0.115. The van der Waals surface area contributed by atoms with Crippen LogP contribution in [0.1, 0.15) is 10.5 Å². The number of para-hydroxylation sites is 1. The van der Waals surface area contributed by atoms with Gasteiger partial charge in [-0.1, -0.05) is 18.2 Å². The normalized spacial score (nSPS) is 14.0. The van der Waals surface area contributed by atoms with Crippen LogP contribution in [0.2, 0.25) is 0 Å². The van der Waals surface area contributed by atoms with E-state index in [1.807, 2.05) is 18.2 Å². The second-order valence-electron chi connectivity index (χ2n) is 6.36. The van der Waals surface area contributed by atoms with Gasteiger partial charge in [-0.3, -0.25) is 4.79 Å². The second-order valence-corrected chi connectivity index (χ2v) is 6.36. The molecule has 1 N–H and O–H groups in total. The minimum Gasteiger partial charge on any atom is -0.353 e. The van der Waals surface area contributed by atoms with Crippen molar-refractivity contribution in [1.82, 2.24) is 15.0 Å². The minimum atomic E-state index is -0.496. The van der Waals surface area contributed by atoms with E-state index in [0.29, 0.717) is 5.82 Å². The first-order valence-corrected chi connectivity index (χ1v) is 8.99. The van der Waals surface area contributed by atoms with Gasteiger partial charge in [0.05, 0.1) is 18.1 Å². The van der Waals surface area contributed by atoms with Gasteiger partial charge in [0, 0.05) is 32.4 Å². The van der Waals surface area contributed by atoms with Crippen LogP contribution in [0.15, 0.2) is 61.1 Å². The topological polar surface area (TPSA) is 74.2 Å². The zero-order chi connectivity index (χ0) is 19.3. The highest BCUT2D eigenvalue weighted by Gasteiger charge is 2.20. The van der Waals surface area contributed by atoms with Crippen molar-refractivity contribution in [3.05, 3.63) is 72.6 Å². The lowest BCUT2D eigenvalue weighted by molar-refractivity contribution is 0.102. The molecule has 1 fully saturated rings. The Morgan fingerprint density at radius 3 is 2.21 bits per heavy atom. The molecular weight excluding hydrogens is 359 g/mol. The first-order valence-electron chi connectivity index (χ1n) is 8.99. The van der Waals surface area contributed by atoms with Gasteiger partial charge >= 0.3 is 0 Å². The molecule has 1 saturated heterocycles. The molecule has 3 aromatic rings. The summed E-state index contributed by atoms with van der Waals surface area (Å²) in [6.07, 6.45) is 4.78. The van der Waals surface area contributed by atoms with E-state index in [9.17, 15) is 9.18 Å². The molecule has 0 bridgehead atoms. The largest absolute Gasteiger partial charge is 0.353 e. The maximum Gasteiger partial charge on any atom is 0.275 e. The van der Waals surface area contributed by atoms with Gasteiger partial charge in [0.1, 0.15) is 23.1 Å². The fraction of sp³-hybridized carbons (Fsp3) is 0.200. The molecule has 28 heavy (non-hydrogen) atoms. The maximum atomic E-state index is 13.7. The van der Waals surface area contributed by atoms with Crippen molar-refractivity contribution < 1.29 is 9.18 Å². The Hall–Kier alpha value is -3.55. The molecule has 4 rings (SSSR count). The molecule has 0 radical (unpaired) electrons. The molecule has 1 aliphatic heterocycles. The van der Waals surface area contributed by atoms with E-state index in [2.05, 4.69) is 30.1 Å². The predicted molar refractivity (Wildman–Crippen MR) is 105 cm³/mol. The molecule has 0 spiro atoms. The molecule has 1 aliphatic rings. The number of aromatic nitrogens is 3. The van der Waals surface area contributed by atoms with E-state index in [-0.39, 0.29) is 11.4 Å². The number of carbonyl (C=O) groups excluding carboxylic acids is 1. The second kappa shape index (κ2) is 7.99. The van der Waals surface area contributed by atoms with Crippen LogP contribution in [-0.4, -0.2) is 47.0 Å². The summed E-state index contributed by atoms with van der Waals surface area (Å²) in [6, 6.07) is 11.9. The number of nitrogens with zero attached hydrogens (tertiary/aromatic N) is 5. The lowest BCUT2D eigenvalue weighted by Gasteiger charge is -2.35. The lowest BCUT2D eigenvalue weighted by Crippen LogP contribution is -2.47. The highest BCUT2D eigenvalue weighted by atomic mass is 19.1. The summed E-state index contributed by atoms with van der Waals surface area (Å²) in [7, 11) is 0. The molecule has 2 aromatic heterocycles. The molecule has 1 aromatic carbocycles. The van der Waals surface area contributed by atoms with Gasteiger partial charge < -0.3 is 15.1 Å². The lowest BCUT2D eigenvalue weighted by atomic mass is 10.3. The Kier molecular flexibility index (Phi) is 5.09. The van der Waals surface area contributed by atoms with E-state index >= 15 is 0 Å². The summed E-state index contributed by atoms with van der Waals surface area (Å²) < 4.78 is 13.7. The Morgan fingerprint density at radius 2 is 1.57 bits per heavy atom. The zero-order valence-electron chi connectivity index (χ0n) is 15.1. The Bertz CT molecular complexity index is 942. The standard InChI is InChI=1S/C20H19FN6O/c21-15-5-1-2-6-16(15)25-20(28)17-13-24-19(14-23-17)27-11-9-26(10-12-27)18-7-3-4-8-22-18/h1-8,13-14H,9-12H2,(H,25,28). The summed E-state index contributed by atoms with van der Waals surface area (Å²) >= 11 is 0. The van der Waals surface area contributed by atoms with Crippen LogP contribution >= 0.6 is 0 Å². The first kappa shape index (κ1) is 17.8. The maximum absolute atomic E-state index is 13.7. The van der Waals surface area contributed by atoms with Crippen molar-refractivity contribution >= 4 is 23.2 Å². The molecule has 8 heteroatoms. The van der Waals surface area contributed by atoms with Crippen molar-refractivity contribution in [1.29, 1.82) is 0 Å². The monoisotopic (exact) mass is 378 g/mol. The van der Waals surface area contributed by atoms with Crippen molar-refractivity contribution in [2.24, 2.45) is 0 Å². The Labute approximate surface area is 161 Å². The first-order chi connectivity index (χ1) is 13.7. The number of carbonyl (C=O) groups is 1. The third kappa shape index (κ3) is 3.90. The van der Waals surface area contributed by atoms with E-state index in [0.717, 1.165) is 32.0 Å². The summed E-state index contributed by atoms with van der Waals surface area (Å²) in [5.74, 6) is 0.687. The molecule has 7 nitrogen and oxygen atoms in total. The van der Waals surface area contributed by atoms with Gasteiger partial charge in [-0.25, -0.2) is 19.3 Å². The molecule has 0 unspecified atom stereocenters. The molecule has 0 atom stereocenters. The van der Waals surface area contributed by atoms with Gasteiger partial charge in [-0.2, -0.15) is 0 Å². The van der Waals surface area contributed by atoms with Crippen LogP contribution < -0.4 is 15.1 Å². The number of piperazine rings is 1. The van der Waals surface area contributed by atoms with E-state index in [1.54, 1.807) is 24.5 Å². The van der Waals surface area contributed by atoms with E-state index in [4.69, 9.17) is 0 Å². The average molecular weight is 378 g/mol. The van der Waals surface area contributed by atoms with Crippen molar-refractivity contribution in [3.8, 4) is 0 Å². The van der Waals surface area contributed by atoms with Crippen LogP contribution in [0.5, 0.6) is 0 Å². The highest BCUT2D eigenvalue weighted by molar-refractivity contribution is 6.02. The molecule has 0 saturated carbocycles. The zero-order valence-corrected chi connectivity index (χ0v) is 15.1. The number of nitrogens with one attached hydrogen (secondary N) is 1. The van der Waals surface area contributed by atoms with Crippen LogP contribution in [-0.2, 0) is 0 Å². The Morgan fingerprint density at radius 1 is 0.857 bits per heavy atom. The number of hydrogen-bond donors (Lipinski definition) is 1. The van der Waals surface area contributed by atoms with E-state index in [1.165, 1.54) is 18.3 Å². The van der Waals surface area contributed by atoms with Crippen molar-refractivity contribution in [3.63, 3.8) is 0 Å². The number of hydrogen-bond acceptors (Lipinski definition) is 6. The molecule has 0 aliphatic carbocycles. The smallest absolute Gasteiger partial charge is 0.275 e. The number of rotatable bonds is 4. The highest BCUT2D eigenvalue weighted by Crippen LogP contribution is 2.17. The van der Waals surface area contributed by atoms with Crippen molar-refractivity contribution in [2.75, 3.05) is 41.3 Å². The Balaban J connectivity index is 1.37. The van der Waals surface area contributed by atoms with Gasteiger partial charge in [0.15, 0.2) is 0 Å². The summed E-state index contributed by atoms with van der Waals surface area (Å²) in [6.45, 7) is 3.22. The average Bonchev–Trinajstić information content (AvgIpc) is 2.76.